The average Bonchev–Trinajstić information content (AvgIpc) is 3.15. The van der Waals surface area contributed by atoms with Gasteiger partial charge in [-0.3, -0.25) is 9.59 Å². The number of rotatable bonds is 6. The van der Waals surface area contributed by atoms with Crippen LogP contribution in [-0.2, 0) is 27.4 Å². The van der Waals surface area contributed by atoms with Crippen LogP contribution >= 0.6 is 24.0 Å². The summed E-state index contributed by atoms with van der Waals surface area (Å²) in [4.78, 5) is 32.6. The molecule has 0 radical (unpaired) electrons. The number of carbonyl (C=O) groups is 2. The van der Waals surface area contributed by atoms with Crippen LogP contribution in [0.15, 0.2) is 29.3 Å². The van der Waals surface area contributed by atoms with Crippen molar-refractivity contribution >= 4 is 41.8 Å². The molecule has 1 N–H and O–H groups in total. The molecule has 2 heterocycles. The summed E-state index contributed by atoms with van der Waals surface area (Å²) in [5, 5.41) is 3.37. The maximum atomic E-state index is 11.9. The van der Waals surface area contributed by atoms with Crippen LogP contribution < -0.4 is 5.32 Å². The molecule has 2 saturated heterocycles. The predicted molar refractivity (Wildman–Crippen MR) is 128 cm³/mol. The first-order valence-corrected chi connectivity index (χ1v) is 10.6. The number of carbonyl (C=O) groups excluding carboxylic acids is 2. The highest BCUT2D eigenvalue weighted by atomic mass is 127. The van der Waals surface area contributed by atoms with Gasteiger partial charge in [-0.2, -0.15) is 0 Å². The molecule has 3 rings (SSSR count). The predicted octanol–water partition coefficient (Wildman–Crippen LogP) is 2.78. The summed E-state index contributed by atoms with van der Waals surface area (Å²) < 4.78 is 4.88. The van der Waals surface area contributed by atoms with Crippen molar-refractivity contribution in [2.75, 3.05) is 33.3 Å². The van der Waals surface area contributed by atoms with Gasteiger partial charge in [0.05, 0.1) is 19.6 Å². The summed E-state index contributed by atoms with van der Waals surface area (Å²) in [6, 6.07) is 8.32. The normalized spacial score (nSPS) is 17.7. The molecule has 2 aliphatic rings. The van der Waals surface area contributed by atoms with E-state index in [-0.39, 0.29) is 41.8 Å². The first kappa shape index (κ1) is 24.4. The third-order valence-corrected chi connectivity index (χ3v) is 5.61. The van der Waals surface area contributed by atoms with E-state index in [1.54, 1.807) is 0 Å². The van der Waals surface area contributed by atoms with Gasteiger partial charge in [0, 0.05) is 39.1 Å². The minimum atomic E-state index is -0.111. The Morgan fingerprint density at radius 1 is 1.23 bits per heavy atom. The van der Waals surface area contributed by atoms with Gasteiger partial charge in [-0.25, -0.2) is 4.99 Å². The summed E-state index contributed by atoms with van der Waals surface area (Å²) in [6.07, 6.45) is 3.21. The number of nitrogens with one attached hydrogen (secondary N) is 1. The molecule has 166 valence electrons. The number of likely N-dealkylation sites (tertiary alicyclic amines) is 2. The Morgan fingerprint density at radius 2 is 1.97 bits per heavy atom. The van der Waals surface area contributed by atoms with E-state index in [1.807, 2.05) is 11.0 Å². The molecule has 30 heavy (non-hydrogen) atoms. The van der Waals surface area contributed by atoms with Crippen molar-refractivity contribution in [2.45, 2.75) is 45.7 Å². The van der Waals surface area contributed by atoms with Crippen LogP contribution in [0.1, 0.15) is 43.7 Å². The monoisotopic (exact) mass is 528 g/mol. The van der Waals surface area contributed by atoms with Crippen LogP contribution in [0.4, 0.5) is 0 Å². The van der Waals surface area contributed by atoms with Crippen molar-refractivity contribution in [3.63, 3.8) is 0 Å². The topological polar surface area (TPSA) is 74.2 Å². The van der Waals surface area contributed by atoms with Gasteiger partial charge in [-0.15, -0.1) is 24.0 Å². The van der Waals surface area contributed by atoms with Crippen LogP contribution in [0, 0.1) is 5.92 Å². The lowest BCUT2D eigenvalue weighted by Crippen LogP contribution is -2.46. The first-order valence-electron chi connectivity index (χ1n) is 10.6. The zero-order valence-electron chi connectivity index (χ0n) is 17.9. The van der Waals surface area contributed by atoms with Crippen molar-refractivity contribution in [3.05, 3.63) is 35.4 Å². The standard InChI is InChI=1S/C22H32N4O3.HI/c1-3-23-22(25-12-9-19(10-13-25)21(28)29-2)24-15-17-6-4-7-18(14-17)16-26-11-5-8-20(26)27;/h4,6-7,14,19H,3,5,8-13,15-16H2,1-2H3,(H,23,24);1H. The highest BCUT2D eigenvalue weighted by Crippen LogP contribution is 2.19. The first-order chi connectivity index (χ1) is 14.1. The number of hydrogen-bond acceptors (Lipinski definition) is 4. The number of benzene rings is 1. The van der Waals surface area contributed by atoms with Gasteiger partial charge in [0.2, 0.25) is 5.91 Å². The van der Waals surface area contributed by atoms with E-state index >= 15 is 0 Å². The van der Waals surface area contributed by atoms with Crippen molar-refractivity contribution in [3.8, 4) is 0 Å². The van der Waals surface area contributed by atoms with Gasteiger partial charge in [0.25, 0.3) is 0 Å². The Labute approximate surface area is 196 Å². The Morgan fingerprint density at radius 3 is 2.60 bits per heavy atom. The highest BCUT2D eigenvalue weighted by Gasteiger charge is 2.27. The quantitative estimate of drug-likeness (QED) is 0.266. The Kier molecular flexibility index (Phi) is 9.87. The van der Waals surface area contributed by atoms with Gasteiger partial charge in [0.1, 0.15) is 0 Å². The fourth-order valence-electron chi connectivity index (χ4n) is 4.00. The second kappa shape index (κ2) is 12.1. The van der Waals surface area contributed by atoms with Crippen molar-refractivity contribution in [2.24, 2.45) is 10.9 Å². The molecule has 8 heteroatoms. The van der Waals surface area contributed by atoms with E-state index in [2.05, 4.69) is 35.3 Å². The van der Waals surface area contributed by atoms with Gasteiger partial charge in [-0.1, -0.05) is 24.3 Å². The summed E-state index contributed by atoms with van der Waals surface area (Å²) >= 11 is 0. The molecule has 0 aliphatic carbocycles. The van der Waals surface area contributed by atoms with Crippen LogP contribution in [0.2, 0.25) is 0 Å². The van der Waals surface area contributed by atoms with Gasteiger partial charge in [0.15, 0.2) is 5.96 Å². The number of halogens is 1. The number of aliphatic imine (C=N–C) groups is 1. The average molecular weight is 528 g/mol. The molecule has 1 aromatic carbocycles. The van der Waals surface area contributed by atoms with Crippen molar-refractivity contribution in [1.29, 1.82) is 0 Å². The fourth-order valence-corrected chi connectivity index (χ4v) is 4.00. The molecule has 2 fully saturated rings. The molecule has 0 atom stereocenters. The molecule has 1 amide bonds. The van der Waals surface area contributed by atoms with E-state index < -0.39 is 0 Å². The number of nitrogens with zero attached hydrogens (tertiary/aromatic N) is 3. The van der Waals surface area contributed by atoms with Crippen LogP contribution in [0.25, 0.3) is 0 Å². The number of amides is 1. The van der Waals surface area contributed by atoms with Crippen LogP contribution in [0.5, 0.6) is 0 Å². The molecule has 0 unspecified atom stereocenters. The maximum absolute atomic E-state index is 11.9. The van der Waals surface area contributed by atoms with E-state index in [0.29, 0.717) is 19.5 Å². The third kappa shape index (κ3) is 6.58. The molecule has 1 aromatic rings. The summed E-state index contributed by atoms with van der Waals surface area (Å²) in [5.74, 6) is 1.01. The summed E-state index contributed by atoms with van der Waals surface area (Å²) in [5.41, 5.74) is 2.28. The van der Waals surface area contributed by atoms with Gasteiger partial charge in [-0.05, 0) is 37.3 Å². The third-order valence-electron chi connectivity index (χ3n) is 5.61. The second-order valence-electron chi connectivity index (χ2n) is 7.69. The SMILES string of the molecule is CCNC(=NCc1cccc(CN2CCCC2=O)c1)N1CCC(C(=O)OC)CC1.I. The number of hydrogen-bond donors (Lipinski definition) is 1. The Bertz CT molecular complexity index is 748. The summed E-state index contributed by atoms with van der Waals surface area (Å²) in [6.45, 7) is 6.56. The van der Waals surface area contributed by atoms with Crippen molar-refractivity contribution in [1.82, 2.24) is 15.1 Å². The second-order valence-corrected chi connectivity index (χ2v) is 7.69. The minimum Gasteiger partial charge on any atom is -0.469 e. The number of guanidine groups is 1. The Balaban J connectivity index is 0.00000320. The van der Waals surface area contributed by atoms with E-state index in [1.165, 1.54) is 7.11 Å². The summed E-state index contributed by atoms with van der Waals surface area (Å²) in [7, 11) is 1.45. The number of esters is 1. The number of methoxy groups -OCH3 is 1. The lowest BCUT2D eigenvalue weighted by molar-refractivity contribution is -0.146. The number of piperidine rings is 1. The maximum Gasteiger partial charge on any atom is 0.308 e. The highest BCUT2D eigenvalue weighted by molar-refractivity contribution is 14.0. The van der Waals surface area contributed by atoms with Gasteiger partial charge < -0.3 is 19.9 Å². The van der Waals surface area contributed by atoms with Crippen molar-refractivity contribution < 1.29 is 14.3 Å². The van der Waals surface area contributed by atoms with E-state index in [0.717, 1.165) is 62.5 Å². The lowest BCUT2D eigenvalue weighted by atomic mass is 9.97. The molecule has 0 aromatic heterocycles. The van der Waals surface area contributed by atoms with Crippen LogP contribution in [0.3, 0.4) is 0 Å². The van der Waals surface area contributed by atoms with E-state index in [9.17, 15) is 9.59 Å². The largest absolute Gasteiger partial charge is 0.469 e. The molecule has 7 nitrogen and oxygen atoms in total. The van der Waals surface area contributed by atoms with Gasteiger partial charge >= 0.3 is 5.97 Å². The minimum absolute atomic E-state index is 0. The van der Waals surface area contributed by atoms with Crippen LogP contribution in [-0.4, -0.2) is 60.9 Å². The molecule has 0 saturated carbocycles. The Hall–Kier alpha value is -1.84. The zero-order chi connectivity index (χ0) is 20.6. The fraction of sp³-hybridized carbons (Fsp3) is 0.591. The molecule has 0 bridgehead atoms. The molecule has 2 aliphatic heterocycles. The lowest BCUT2D eigenvalue weighted by Gasteiger charge is -2.33. The molecular formula is C22H33IN4O3. The molecular weight excluding hydrogens is 495 g/mol. The smallest absolute Gasteiger partial charge is 0.308 e. The number of ether oxygens (including phenoxy) is 1. The van der Waals surface area contributed by atoms with E-state index in [4.69, 9.17) is 9.73 Å². The zero-order valence-corrected chi connectivity index (χ0v) is 20.3. The molecule has 0 spiro atoms.